The van der Waals surface area contributed by atoms with E-state index in [4.69, 9.17) is 25.8 Å². The van der Waals surface area contributed by atoms with E-state index in [1.807, 2.05) is 42.5 Å². The standard InChI is InChI=1S/C22H27ClN2O4/c1-27-11-4-9-24-22(26)25-10-12-29-21-8-7-17(13-19(21)14-25)15-28-16-18-5-2-3-6-20(18)23/h2-3,5-8,13H,4,9-12,14-16H2,1H3,(H,24,26). The number of amides is 2. The highest BCUT2D eigenvalue weighted by molar-refractivity contribution is 6.31. The van der Waals surface area contributed by atoms with Gasteiger partial charge in [-0.3, -0.25) is 0 Å². The number of hydrogen-bond donors (Lipinski definition) is 1. The van der Waals surface area contributed by atoms with Crippen molar-refractivity contribution < 1.29 is 19.0 Å². The summed E-state index contributed by atoms with van der Waals surface area (Å²) in [5.74, 6) is 0.814. The molecular weight excluding hydrogens is 392 g/mol. The third kappa shape index (κ3) is 6.35. The van der Waals surface area contributed by atoms with E-state index in [-0.39, 0.29) is 6.03 Å². The van der Waals surface area contributed by atoms with Crippen molar-refractivity contribution in [2.24, 2.45) is 0 Å². The zero-order valence-electron chi connectivity index (χ0n) is 16.7. The number of halogens is 1. The minimum absolute atomic E-state index is 0.0853. The molecule has 0 aliphatic carbocycles. The minimum atomic E-state index is -0.0853. The molecule has 0 saturated heterocycles. The van der Waals surface area contributed by atoms with Gasteiger partial charge in [-0.1, -0.05) is 35.9 Å². The first-order chi connectivity index (χ1) is 14.2. The Morgan fingerprint density at radius 1 is 1.24 bits per heavy atom. The molecule has 0 saturated carbocycles. The number of hydrogen-bond acceptors (Lipinski definition) is 4. The second kappa shape index (κ2) is 11.0. The predicted octanol–water partition coefficient (Wildman–Crippen LogP) is 4.00. The topological polar surface area (TPSA) is 60.0 Å². The fraction of sp³-hybridized carbons (Fsp3) is 0.409. The molecule has 0 bridgehead atoms. The molecule has 7 heteroatoms. The first-order valence-corrected chi connectivity index (χ1v) is 10.1. The summed E-state index contributed by atoms with van der Waals surface area (Å²) >= 11 is 6.17. The summed E-state index contributed by atoms with van der Waals surface area (Å²) in [4.78, 5) is 14.2. The van der Waals surface area contributed by atoms with Crippen molar-refractivity contribution in [1.82, 2.24) is 10.2 Å². The van der Waals surface area contributed by atoms with Crippen LogP contribution in [0.25, 0.3) is 0 Å². The van der Waals surface area contributed by atoms with Gasteiger partial charge in [0.05, 0.1) is 26.3 Å². The molecule has 6 nitrogen and oxygen atoms in total. The number of carbonyl (C=O) groups is 1. The maximum atomic E-state index is 12.5. The molecule has 0 aromatic heterocycles. The summed E-state index contributed by atoms with van der Waals surface area (Å²) in [6, 6.07) is 13.5. The third-order valence-electron chi connectivity index (χ3n) is 4.68. The van der Waals surface area contributed by atoms with Crippen LogP contribution >= 0.6 is 11.6 Å². The number of urea groups is 1. The summed E-state index contributed by atoms with van der Waals surface area (Å²) < 4.78 is 16.7. The Labute approximate surface area is 176 Å². The molecule has 156 valence electrons. The number of methoxy groups -OCH3 is 1. The van der Waals surface area contributed by atoms with Crippen molar-refractivity contribution in [3.05, 3.63) is 64.2 Å². The largest absolute Gasteiger partial charge is 0.491 e. The second-order valence-electron chi connectivity index (χ2n) is 6.87. The molecule has 1 heterocycles. The maximum absolute atomic E-state index is 12.5. The van der Waals surface area contributed by atoms with Crippen LogP contribution in [0.4, 0.5) is 4.79 Å². The molecular formula is C22H27ClN2O4. The van der Waals surface area contributed by atoms with Crippen LogP contribution in [0.2, 0.25) is 5.02 Å². The van der Waals surface area contributed by atoms with Crippen LogP contribution in [0.3, 0.4) is 0 Å². The van der Waals surface area contributed by atoms with Gasteiger partial charge in [-0.25, -0.2) is 4.79 Å². The molecule has 29 heavy (non-hydrogen) atoms. The Bertz CT molecular complexity index is 815. The zero-order chi connectivity index (χ0) is 20.5. The second-order valence-corrected chi connectivity index (χ2v) is 7.28. The van der Waals surface area contributed by atoms with Crippen molar-refractivity contribution in [2.75, 3.05) is 33.4 Å². The summed E-state index contributed by atoms with van der Waals surface area (Å²) in [5.41, 5.74) is 2.97. The van der Waals surface area contributed by atoms with Gasteiger partial charge in [0.1, 0.15) is 12.4 Å². The van der Waals surface area contributed by atoms with E-state index < -0.39 is 0 Å². The van der Waals surface area contributed by atoms with Gasteiger partial charge in [-0.15, -0.1) is 0 Å². The summed E-state index contributed by atoms with van der Waals surface area (Å²) in [7, 11) is 1.65. The van der Waals surface area contributed by atoms with Crippen LogP contribution in [0, 0.1) is 0 Å². The molecule has 2 aromatic rings. The average Bonchev–Trinajstić information content (AvgIpc) is 2.94. The highest BCUT2D eigenvalue weighted by atomic mass is 35.5. The van der Waals surface area contributed by atoms with E-state index >= 15 is 0 Å². The van der Waals surface area contributed by atoms with Crippen molar-refractivity contribution in [3.8, 4) is 5.75 Å². The summed E-state index contributed by atoms with van der Waals surface area (Å²) in [5, 5.41) is 3.64. The van der Waals surface area contributed by atoms with Crippen LogP contribution in [0.1, 0.15) is 23.1 Å². The lowest BCUT2D eigenvalue weighted by Gasteiger charge is -2.20. The number of rotatable bonds is 8. The van der Waals surface area contributed by atoms with Crippen LogP contribution in [0.5, 0.6) is 5.75 Å². The van der Waals surface area contributed by atoms with Gasteiger partial charge >= 0.3 is 6.03 Å². The third-order valence-corrected chi connectivity index (χ3v) is 5.05. The number of fused-ring (bicyclic) bond motifs is 1. The zero-order valence-corrected chi connectivity index (χ0v) is 17.4. The molecule has 0 unspecified atom stereocenters. The monoisotopic (exact) mass is 418 g/mol. The molecule has 2 aromatic carbocycles. The van der Waals surface area contributed by atoms with E-state index in [0.29, 0.717) is 51.1 Å². The van der Waals surface area contributed by atoms with Crippen molar-refractivity contribution in [3.63, 3.8) is 0 Å². The highest BCUT2D eigenvalue weighted by Gasteiger charge is 2.20. The maximum Gasteiger partial charge on any atom is 0.317 e. The van der Waals surface area contributed by atoms with Gasteiger partial charge in [0.2, 0.25) is 0 Å². The van der Waals surface area contributed by atoms with Crippen molar-refractivity contribution >= 4 is 17.6 Å². The molecule has 0 fully saturated rings. The van der Waals surface area contributed by atoms with Gasteiger partial charge in [0.15, 0.2) is 0 Å². The molecule has 1 N–H and O–H groups in total. The Kier molecular flexibility index (Phi) is 8.16. The van der Waals surface area contributed by atoms with Crippen LogP contribution in [-0.2, 0) is 29.2 Å². The fourth-order valence-electron chi connectivity index (χ4n) is 3.13. The number of nitrogens with one attached hydrogen (secondary N) is 1. The molecule has 3 rings (SSSR count). The number of benzene rings is 2. The summed E-state index contributed by atoms with van der Waals surface area (Å²) in [6.45, 7) is 3.65. The van der Waals surface area contributed by atoms with E-state index in [0.717, 1.165) is 28.9 Å². The van der Waals surface area contributed by atoms with E-state index in [9.17, 15) is 4.79 Å². The molecule has 0 spiro atoms. The van der Waals surface area contributed by atoms with Gasteiger partial charge in [0.25, 0.3) is 0 Å². The lowest BCUT2D eigenvalue weighted by molar-refractivity contribution is 0.107. The van der Waals surface area contributed by atoms with Gasteiger partial charge < -0.3 is 24.4 Å². The molecule has 0 radical (unpaired) electrons. The first-order valence-electron chi connectivity index (χ1n) is 9.75. The number of carbonyl (C=O) groups excluding carboxylic acids is 1. The predicted molar refractivity (Wildman–Crippen MR) is 112 cm³/mol. The summed E-state index contributed by atoms with van der Waals surface area (Å²) in [6.07, 6.45) is 0.788. The normalized spacial score (nSPS) is 13.4. The van der Waals surface area contributed by atoms with Gasteiger partial charge in [0, 0.05) is 30.8 Å². The van der Waals surface area contributed by atoms with Crippen molar-refractivity contribution in [1.29, 1.82) is 0 Å². The molecule has 1 aliphatic rings. The van der Waals surface area contributed by atoms with E-state index in [1.165, 1.54) is 0 Å². The lowest BCUT2D eigenvalue weighted by atomic mass is 10.1. The molecule has 2 amide bonds. The number of nitrogens with zero attached hydrogens (tertiary/aromatic N) is 1. The fourth-order valence-corrected chi connectivity index (χ4v) is 3.32. The minimum Gasteiger partial charge on any atom is -0.491 e. The van der Waals surface area contributed by atoms with Crippen LogP contribution in [0.15, 0.2) is 42.5 Å². The molecule has 0 atom stereocenters. The van der Waals surface area contributed by atoms with Crippen LogP contribution in [-0.4, -0.2) is 44.3 Å². The average molecular weight is 419 g/mol. The Hall–Kier alpha value is -2.28. The Morgan fingerprint density at radius 3 is 2.93 bits per heavy atom. The Balaban J connectivity index is 1.57. The smallest absolute Gasteiger partial charge is 0.317 e. The quantitative estimate of drug-likeness (QED) is 0.658. The first kappa shape index (κ1) is 21.4. The highest BCUT2D eigenvalue weighted by Crippen LogP contribution is 2.25. The Morgan fingerprint density at radius 2 is 2.10 bits per heavy atom. The van der Waals surface area contributed by atoms with Crippen molar-refractivity contribution in [2.45, 2.75) is 26.2 Å². The van der Waals surface area contributed by atoms with E-state index in [1.54, 1.807) is 12.0 Å². The van der Waals surface area contributed by atoms with Gasteiger partial charge in [-0.2, -0.15) is 0 Å². The number of ether oxygens (including phenoxy) is 3. The lowest BCUT2D eigenvalue weighted by Crippen LogP contribution is -2.41. The molecule has 1 aliphatic heterocycles. The SMILES string of the molecule is COCCCNC(=O)N1CCOc2ccc(COCc3ccccc3Cl)cc2C1. The van der Waals surface area contributed by atoms with E-state index in [2.05, 4.69) is 5.32 Å². The van der Waals surface area contributed by atoms with Crippen LogP contribution < -0.4 is 10.1 Å². The van der Waals surface area contributed by atoms with Gasteiger partial charge in [-0.05, 0) is 35.7 Å².